The summed E-state index contributed by atoms with van der Waals surface area (Å²) < 4.78 is 0. The lowest BCUT2D eigenvalue weighted by atomic mass is 9.96. The third-order valence-electron chi connectivity index (χ3n) is 2.60. The molecule has 0 bridgehead atoms. The lowest BCUT2D eigenvalue weighted by Crippen LogP contribution is -2.26. The van der Waals surface area contributed by atoms with Crippen LogP contribution in [0.25, 0.3) is 0 Å². The highest BCUT2D eigenvalue weighted by Gasteiger charge is 2.13. The molecule has 0 spiro atoms. The van der Waals surface area contributed by atoms with Gasteiger partial charge >= 0.3 is 0 Å². The van der Waals surface area contributed by atoms with Crippen LogP contribution in [0.4, 0.5) is 0 Å². The van der Waals surface area contributed by atoms with Gasteiger partial charge in [-0.3, -0.25) is 0 Å². The molecule has 0 fully saturated rings. The van der Waals surface area contributed by atoms with E-state index in [1.54, 1.807) is 5.56 Å². The molecule has 12 heavy (non-hydrogen) atoms. The summed E-state index contributed by atoms with van der Waals surface area (Å²) in [6.07, 6.45) is 1.20. The molecule has 1 aliphatic rings. The molecule has 0 saturated carbocycles. The number of benzene rings is 1. The molecule has 63 valence electrons. The number of nitrogens with zero attached hydrogens (tertiary/aromatic N) is 1. The Morgan fingerprint density at radius 1 is 1.42 bits per heavy atom. The summed E-state index contributed by atoms with van der Waals surface area (Å²) in [6.45, 7) is 4.46. The van der Waals surface area contributed by atoms with Gasteiger partial charge in [-0.25, -0.2) is 0 Å². The van der Waals surface area contributed by atoms with Crippen LogP contribution in [0.2, 0.25) is 0 Å². The van der Waals surface area contributed by atoms with Gasteiger partial charge in [0.05, 0.1) is 0 Å². The van der Waals surface area contributed by atoms with E-state index in [-0.39, 0.29) is 0 Å². The maximum absolute atomic E-state index is 3.18. The molecular formula is C11H14N. The molecule has 0 atom stereocenters. The van der Waals surface area contributed by atoms with Crippen molar-refractivity contribution < 1.29 is 0 Å². The van der Waals surface area contributed by atoms with E-state index < -0.39 is 0 Å². The fraction of sp³-hybridized carbons (Fsp3) is 0.455. The fourth-order valence-corrected chi connectivity index (χ4v) is 1.87. The van der Waals surface area contributed by atoms with E-state index in [0.717, 1.165) is 6.54 Å². The zero-order valence-corrected chi connectivity index (χ0v) is 7.72. The first-order valence-electron chi connectivity index (χ1n) is 4.44. The minimum atomic E-state index is 1.09. The van der Waals surface area contributed by atoms with Crippen molar-refractivity contribution in [3.8, 4) is 0 Å². The Morgan fingerprint density at radius 2 is 2.25 bits per heavy atom. The number of fused-ring (bicyclic) bond motifs is 1. The molecule has 1 radical (unpaired) electrons. The standard InChI is InChI=1S/C11H14N/c1-9-4-3-5-10-8-12(2)7-6-11(9)10/h4-5H,6-8H2,1-2H3. The minimum Gasteiger partial charge on any atom is -0.302 e. The van der Waals surface area contributed by atoms with Crippen LogP contribution in [0.15, 0.2) is 12.1 Å². The van der Waals surface area contributed by atoms with E-state index in [9.17, 15) is 0 Å². The van der Waals surface area contributed by atoms with Crippen LogP contribution in [-0.2, 0) is 13.0 Å². The normalized spacial score (nSPS) is 17.5. The van der Waals surface area contributed by atoms with E-state index >= 15 is 0 Å². The highest BCUT2D eigenvalue weighted by Crippen LogP contribution is 2.20. The molecule has 0 aromatic heterocycles. The number of likely N-dealkylation sites (N-methyl/N-ethyl adjacent to an activating group) is 1. The van der Waals surface area contributed by atoms with Crippen LogP contribution >= 0.6 is 0 Å². The molecule has 0 unspecified atom stereocenters. The summed E-state index contributed by atoms with van der Waals surface area (Å²) in [5.41, 5.74) is 4.41. The van der Waals surface area contributed by atoms with E-state index in [1.807, 2.05) is 0 Å². The van der Waals surface area contributed by atoms with Crippen LogP contribution in [0, 0.1) is 13.0 Å². The van der Waals surface area contributed by atoms with Gasteiger partial charge in [-0.1, -0.05) is 6.07 Å². The van der Waals surface area contributed by atoms with Crippen molar-refractivity contribution in [1.82, 2.24) is 4.90 Å². The summed E-state index contributed by atoms with van der Waals surface area (Å²) in [5, 5.41) is 0. The molecule has 0 aliphatic carbocycles. The number of hydrogen-bond donors (Lipinski definition) is 0. The summed E-state index contributed by atoms with van der Waals surface area (Å²) in [5.74, 6) is 0. The lowest BCUT2D eigenvalue weighted by molar-refractivity contribution is 0.312. The Morgan fingerprint density at radius 3 is 3.08 bits per heavy atom. The van der Waals surface area contributed by atoms with E-state index in [4.69, 9.17) is 0 Å². The second-order valence-corrected chi connectivity index (χ2v) is 3.63. The molecule has 0 saturated heterocycles. The van der Waals surface area contributed by atoms with Gasteiger partial charge in [-0.15, -0.1) is 0 Å². The van der Waals surface area contributed by atoms with Gasteiger partial charge in [0.15, 0.2) is 0 Å². The molecule has 1 aliphatic heterocycles. The van der Waals surface area contributed by atoms with Crippen molar-refractivity contribution >= 4 is 0 Å². The van der Waals surface area contributed by atoms with Gasteiger partial charge in [-0.05, 0) is 49.2 Å². The van der Waals surface area contributed by atoms with Crippen LogP contribution in [0.1, 0.15) is 16.7 Å². The van der Waals surface area contributed by atoms with E-state index in [0.29, 0.717) is 0 Å². The molecule has 1 aromatic carbocycles. The number of hydrogen-bond acceptors (Lipinski definition) is 1. The topological polar surface area (TPSA) is 3.24 Å². The Bertz CT molecular complexity index is 291. The largest absolute Gasteiger partial charge is 0.302 e. The van der Waals surface area contributed by atoms with Crippen molar-refractivity contribution in [1.29, 1.82) is 0 Å². The molecule has 2 rings (SSSR count). The smallest absolute Gasteiger partial charge is 0.0233 e. The zero-order valence-electron chi connectivity index (χ0n) is 7.72. The predicted molar refractivity (Wildman–Crippen MR) is 50.1 cm³/mol. The van der Waals surface area contributed by atoms with Crippen molar-refractivity contribution in [3.63, 3.8) is 0 Å². The molecule has 1 heterocycles. The summed E-state index contributed by atoms with van der Waals surface area (Å²) in [7, 11) is 2.17. The average Bonchev–Trinajstić information content (AvgIpc) is 2.04. The van der Waals surface area contributed by atoms with Crippen LogP contribution in [0.3, 0.4) is 0 Å². The number of aryl methyl sites for hydroxylation is 1. The van der Waals surface area contributed by atoms with E-state index in [2.05, 4.69) is 37.1 Å². The van der Waals surface area contributed by atoms with Crippen LogP contribution in [-0.4, -0.2) is 18.5 Å². The van der Waals surface area contributed by atoms with Gasteiger partial charge in [0.25, 0.3) is 0 Å². The highest BCUT2D eigenvalue weighted by atomic mass is 15.1. The first-order chi connectivity index (χ1) is 5.77. The van der Waals surface area contributed by atoms with Gasteiger partial charge in [0.2, 0.25) is 0 Å². The maximum atomic E-state index is 3.18. The molecule has 1 heteroatoms. The molecule has 1 nitrogen and oxygen atoms in total. The summed E-state index contributed by atoms with van der Waals surface area (Å²) >= 11 is 0. The first kappa shape index (κ1) is 7.81. The van der Waals surface area contributed by atoms with Gasteiger partial charge in [0.1, 0.15) is 0 Å². The van der Waals surface area contributed by atoms with E-state index in [1.165, 1.54) is 24.1 Å². The first-order valence-corrected chi connectivity index (χ1v) is 4.44. The average molecular weight is 160 g/mol. The third kappa shape index (κ3) is 1.25. The Balaban J connectivity index is 2.42. The van der Waals surface area contributed by atoms with Crippen LogP contribution in [0.5, 0.6) is 0 Å². The summed E-state index contributed by atoms with van der Waals surface area (Å²) in [4.78, 5) is 2.36. The van der Waals surface area contributed by atoms with Gasteiger partial charge in [0, 0.05) is 13.1 Å². The van der Waals surface area contributed by atoms with Crippen molar-refractivity contribution in [2.24, 2.45) is 0 Å². The monoisotopic (exact) mass is 160 g/mol. The number of rotatable bonds is 0. The lowest BCUT2D eigenvalue weighted by Gasteiger charge is -2.25. The quantitative estimate of drug-likeness (QED) is 0.559. The molecule has 0 N–H and O–H groups in total. The van der Waals surface area contributed by atoms with Gasteiger partial charge in [-0.2, -0.15) is 0 Å². The second-order valence-electron chi connectivity index (χ2n) is 3.63. The maximum Gasteiger partial charge on any atom is 0.0233 e. The SMILES string of the molecule is Cc1c[c]cc2c1CCN(C)C2. The van der Waals surface area contributed by atoms with Crippen molar-refractivity contribution in [3.05, 3.63) is 34.9 Å². The Kier molecular flexibility index (Phi) is 1.89. The Labute approximate surface area is 74.0 Å². The molecule has 0 amide bonds. The van der Waals surface area contributed by atoms with Crippen LogP contribution < -0.4 is 0 Å². The molecular weight excluding hydrogens is 146 g/mol. The van der Waals surface area contributed by atoms with Crippen molar-refractivity contribution in [2.45, 2.75) is 19.9 Å². The third-order valence-corrected chi connectivity index (χ3v) is 2.60. The highest BCUT2D eigenvalue weighted by molar-refractivity contribution is 5.35. The summed E-state index contributed by atoms with van der Waals surface area (Å²) in [6, 6.07) is 7.39. The second kappa shape index (κ2) is 2.91. The fourth-order valence-electron chi connectivity index (χ4n) is 1.87. The predicted octanol–water partition coefficient (Wildman–Crippen LogP) is 1.78. The van der Waals surface area contributed by atoms with Gasteiger partial charge < -0.3 is 4.90 Å². The minimum absolute atomic E-state index is 1.09. The van der Waals surface area contributed by atoms with Crippen molar-refractivity contribution in [2.75, 3.05) is 13.6 Å². The Hall–Kier alpha value is -0.820. The zero-order chi connectivity index (χ0) is 8.55. The molecule has 1 aromatic rings.